The van der Waals surface area contributed by atoms with Crippen LogP contribution in [0.3, 0.4) is 0 Å². The second kappa shape index (κ2) is 7.06. The van der Waals surface area contributed by atoms with Gasteiger partial charge in [0.25, 0.3) is 0 Å². The number of urea groups is 1. The van der Waals surface area contributed by atoms with Crippen molar-refractivity contribution >= 4 is 11.9 Å². The van der Waals surface area contributed by atoms with Gasteiger partial charge in [0, 0.05) is 57.0 Å². The highest BCUT2D eigenvalue weighted by Crippen LogP contribution is 2.21. The lowest BCUT2D eigenvalue weighted by molar-refractivity contribution is -0.128. The number of hydrogen-bond acceptors (Lipinski definition) is 3. The van der Waals surface area contributed by atoms with E-state index in [9.17, 15) is 9.59 Å². The van der Waals surface area contributed by atoms with Crippen molar-refractivity contribution in [2.75, 3.05) is 19.6 Å². The van der Waals surface area contributed by atoms with Crippen LogP contribution in [0.2, 0.25) is 0 Å². The van der Waals surface area contributed by atoms with E-state index in [1.54, 1.807) is 6.20 Å². The number of carbonyl (C=O) groups is 2. The minimum absolute atomic E-state index is 0.0149. The monoisotopic (exact) mass is 345 g/mol. The third kappa shape index (κ3) is 3.65. The van der Waals surface area contributed by atoms with E-state index in [1.807, 2.05) is 16.0 Å². The molecule has 1 aromatic rings. The number of carbonyl (C=O) groups excluding carboxylic acids is 2. The summed E-state index contributed by atoms with van der Waals surface area (Å²) in [7, 11) is 0. The molecule has 2 fully saturated rings. The highest BCUT2D eigenvalue weighted by Gasteiger charge is 2.30. The third-order valence-electron chi connectivity index (χ3n) is 5.69. The van der Waals surface area contributed by atoms with Crippen LogP contribution in [0.1, 0.15) is 44.3 Å². The largest absolute Gasteiger partial charge is 0.342 e. The van der Waals surface area contributed by atoms with Gasteiger partial charge in [-0.1, -0.05) is 12.8 Å². The molecule has 1 N–H and O–H groups in total. The zero-order valence-electron chi connectivity index (χ0n) is 14.7. The van der Waals surface area contributed by atoms with E-state index in [1.165, 1.54) is 12.8 Å². The average molecular weight is 345 g/mol. The summed E-state index contributed by atoms with van der Waals surface area (Å²) in [5.41, 5.74) is 0. The van der Waals surface area contributed by atoms with Crippen LogP contribution in [0.4, 0.5) is 4.79 Å². The number of amides is 3. The van der Waals surface area contributed by atoms with Crippen molar-refractivity contribution in [2.45, 2.75) is 57.7 Å². The van der Waals surface area contributed by atoms with Crippen LogP contribution in [-0.2, 0) is 17.9 Å². The first-order valence-corrected chi connectivity index (χ1v) is 9.52. The van der Waals surface area contributed by atoms with E-state index in [-0.39, 0.29) is 17.9 Å². The molecule has 0 bridgehead atoms. The molecule has 1 saturated carbocycles. The Morgan fingerprint density at radius 2 is 2.08 bits per heavy atom. The van der Waals surface area contributed by atoms with Crippen LogP contribution in [-0.4, -0.2) is 57.0 Å². The average Bonchev–Trinajstić information content (AvgIpc) is 3.31. The van der Waals surface area contributed by atoms with E-state index in [0.717, 1.165) is 44.7 Å². The Bertz CT molecular complexity index is 637. The summed E-state index contributed by atoms with van der Waals surface area (Å²) in [6.45, 7) is 3.60. The summed E-state index contributed by atoms with van der Waals surface area (Å²) in [6.07, 6.45) is 9.96. The molecule has 3 heterocycles. The maximum atomic E-state index is 12.8. The van der Waals surface area contributed by atoms with Crippen molar-refractivity contribution < 1.29 is 9.59 Å². The lowest BCUT2D eigenvalue weighted by Gasteiger charge is -2.28. The minimum atomic E-state index is 0.0149. The molecule has 0 radical (unpaired) electrons. The van der Waals surface area contributed by atoms with Crippen LogP contribution < -0.4 is 5.32 Å². The predicted molar refractivity (Wildman–Crippen MR) is 92.7 cm³/mol. The normalized spacial score (nSPS) is 24.5. The van der Waals surface area contributed by atoms with Gasteiger partial charge in [0.15, 0.2) is 0 Å². The lowest BCUT2D eigenvalue weighted by Crippen LogP contribution is -2.46. The van der Waals surface area contributed by atoms with Crippen LogP contribution in [0.5, 0.6) is 0 Å². The maximum Gasteiger partial charge on any atom is 0.318 e. The summed E-state index contributed by atoms with van der Waals surface area (Å²) >= 11 is 0. The van der Waals surface area contributed by atoms with Gasteiger partial charge in [-0.3, -0.25) is 4.79 Å². The second-order valence-corrected chi connectivity index (χ2v) is 7.62. The first kappa shape index (κ1) is 16.4. The number of likely N-dealkylation sites (tertiary alicyclic amines) is 1. The molecule has 0 spiro atoms. The molecular weight excluding hydrogens is 318 g/mol. The summed E-state index contributed by atoms with van der Waals surface area (Å²) in [5.74, 6) is 1.42. The van der Waals surface area contributed by atoms with Gasteiger partial charge in [0.2, 0.25) is 5.91 Å². The molecule has 25 heavy (non-hydrogen) atoms. The molecule has 1 aromatic heterocycles. The number of fused-ring (bicyclic) bond motifs is 1. The van der Waals surface area contributed by atoms with Gasteiger partial charge in [-0.05, 0) is 19.3 Å². The topological polar surface area (TPSA) is 70.5 Å². The van der Waals surface area contributed by atoms with Gasteiger partial charge >= 0.3 is 6.03 Å². The molecule has 4 rings (SSSR count). The highest BCUT2D eigenvalue weighted by molar-refractivity contribution is 5.78. The van der Waals surface area contributed by atoms with E-state index in [0.29, 0.717) is 25.6 Å². The van der Waals surface area contributed by atoms with Crippen molar-refractivity contribution in [1.82, 2.24) is 24.7 Å². The number of imidazole rings is 1. The first-order chi connectivity index (χ1) is 12.2. The molecular formula is C18H27N5O2. The zero-order valence-corrected chi connectivity index (χ0v) is 14.7. The molecule has 136 valence electrons. The van der Waals surface area contributed by atoms with Crippen molar-refractivity contribution in [3.63, 3.8) is 0 Å². The molecule has 7 nitrogen and oxygen atoms in total. The fourth-order valence-corrected chi connectivity index (χ4v) is 4.36. The highest BCUT2D eigenvalue weighted by atomic mass is 16.2. The van der Waals surface area contributed by atoms with Gasteiger partial charge in [-0.15, -0.1) is 0 Å². The number of rotatable bonds is 3. The van der Waals surface area contributed by atoms with Crippen LogP contribution in [0.25, 0.3) is 0 Å². The molecule has 3 aliphatic rings. The number of nitrogens with one attached hydrogen (secondary N) is 1. The van der Waals surface area contributed by atoms with Gasteiger partial charge in [-0.2, -0.15) is 0 Å². The smallest absolute Gasteiger partial charge is 0.318 e. The Kier molecular flexibility index (Phi) is 4.63. The SMILES string of the molecule is O=C1CCCN1C[C@@H]1CN(C(=O)NC2CCCC2)Cc2nccn2C1. The Morgan fingerprint density at radius 3 is 2.84 bits per heavy atom. The van der Waals surface area contributed by atoms with Gasteiger partial charge in [0.05, 0.1) is 6.54 Å². The summed E-state index contributed by atoms with van der Waals surface area (Å²) in [4.78, 5) is 33.0. The number of hydrogen-bond donors (Lipinski definition) is 1. The molecule has 0 aromatic carbocycles. The van der Waals surface area contributed by atoms with Crippen molar-refractivity contribution in [3.05, 3.63) is 18.2 Å². The molecule has 1 atom stereocenters. The van der Waals surface area contributed by atoms with Gasteiger partial charge < -0.3 is 19.7 Å². The van der Waals surface area contributed by atoms with E-state index in [2.05, 4.69) is 14.9 Å². The van der Waals surface area contributed by atoms with Crippen molar-refractivity contribution in [3.8, 4) is 0 Å². The Hall–Kier alpha value is -2.05. The fraction of sp³-hybridized carbons (Fsp3) is 0.722. The number of aromatic nitrogens is 2. The third-order valence-corrected chi connectivity index (χ3v) is 5.69. The van der Waals surface area contributed by atoms with Crippen molar-refractivity contribution in [1.29, 1.82) is 0 Å². The molecule has 0 unspecified atom stereocenters. The Morgan fingerprint density at radius 1 is 1.24 bits per heavy atom. The summed E-state index contributed by atoms with van der Waals surface area (Å²) in [6, 6.07) is 0.329. The molecule has 3 amide bonds. The lowest BCUT2D eigenvalue weighted by atomic mass is 10.1. The van der Waals surface area contributed by atoms with Crippen LogP contribution >= 0.6 is 0 Å². The standard InChI is InChI=1S/C18H27N5O2/c24-17-6-3-8-22(17)11-14-10-21-9-7-19-16(21)13-23(12-14)18(25)20-15-4-1-2-5-15/h7,9,14-15H,1-6,8,10-13H2,(H,20,25)/t14-/m1/s1. The fourth-order valence-electron chi connectivity index (χ4n) is 4.36. The van der Waals surface area contributed by atoms with E-state index in [4.69, 9.17) is 0 Å². The molecule has 7 heteroatoms. The molecule has 1 saturated heterocycles. The van der Waals surface area contributed by atoms with E-state index < -0.39 is 0 Å². The Labute approximate surface area is 148 Å². The van der Waals surface area contributed by atoms with Crippen molar-refractivity contribution in [2.24, 2.45) is 5.92 Å². The van der Waals surface area contributed by atoms with Gasteiger partial charge in [0.1, 0.15) is 5.82 Å². The van der Waals surface area contributed by atoms with Crippen LogP contribution in [0, 0.1) is 5.92 Å². The van der Waals surface area contributed by atoms with Crippen LogP contribution in [0.15, 0.2) is 12.4 Å². The minimum Gasteiger partial charge on any atom is -0.342 e. The second-order valence-electron chi connectivity index (χ2n) is 7.62. The quantitative estimate of drug-likeness (QED) is 0.904. The van der Waals surface area contributed by atoms with E-state index >= 15 is 0 Å². The molecule has 2 aliphatic heterocycles. The summed E-state index contributed by atoms with van der Waals surface area (Å²) in [5, 5.41) is 3.19. The Balaban J connectivity index is 1.46. The predicted octanol–water partition coefficient (Wildman–Crippen LogP) is 1.59. The maximum absolute atomic E-state index is 12.8. The molecule has 1 aliphatic carbocycles. The first-order valence-electron chi connectivity index (χ1n) is 9.52. The number of nitrogens with zero attached hydrogens (tertiary/aromatic N) is 4. The van der Waals surface area contributed by atoms with Gasteiger partial charge in [-0.25, -0.2) is 9.78 Å². The zero-order chi connectivity index (χ0) is 17.2. The summed E-state index contributed by atoms with van der Waals surface area (Å²) < 4.78 is 2.13.